The number of carboxylic acids is 1. The van der Waals surface area contributed by atoms with Gasteiger partial charge in [0.1, 0.15) is 17.4 Å². The summed E-state index contributed by atoms with van der Waals surface area (Å²) in [5, 5.41) is 33.5. The summed E-state index contributed by atoms with van der Waals surface area (Å²) in [6.07, 6.45) is 1.86. The number of aromatic carboxylic acids is 1. The van der Waals surface area contributed by atoms with Crippen molar-refractivity contribution in [2.45, 2.75) is 49.2 Å². The molecule has 30 heavy (non-hydrogen) atoms. The molecular weight excluding hydrogens is 393 g/mol. The van der Waals surface area contributed by atoms with Gasteiger partial charge in [0.2, 0.25) is 5.91 Å². The van der Waals surface area contributed by atoms with Crippen LogP contribution in [0.5, 0.6) is 11.5 Å². The second kappa shape index (κ2) is 6.84. The summed E-state index contributed by atoms with van der Waals surface area (Å²) in [6, 6.07) is 3.28. The van der Waals surface area contributed by atoms with Gasteiger partial charge in [0, 0.05) is 25.7 Å². The third-order valence-electron chi connectivity index (χ3n) is 7.08. The molecule has 162 valence electrons. The fourth-order valence-electron chi connectivity index (χ4n) is 5.23. The molecule has 6 N–H and O–H groups in total. The minimum absolute atomic E-state index is 0.00595. The molecule has 1 aromatic carbocycles. The molecule has 1 amide bonds. The Hall–Kier alpha value is -2.34. The summed E-state index contributed by atoms with van der Waals surface area (Å²) >= 11 is 0. The highest BCUT2D eigenvalue weighted by atomic mass is 16.6. The number of hydrogen-bond donors (Lipinski definition) is 5. The number of likely N-dealkylation sites (tertiary alicyclic amines) is 1. The lowest BCUT2D eigenvalue weighted by Crippen LogP contribution is -2.58. The molecule has 10 nitrogen and oxygen atoms in total. The lowest BCUT2D eigenvalue weighted by atomic mass is 9.46. The van der Waals surface area contributed by atoms with E-state index in [0.29, 0.717) is 38.0 Å². The standard InChI is InChI=1S/C19H25BN3O7/c21-18(24)14-5-9(6-22-14)23-7-10(8-23)29-15-4-2-12-11-1-3-13(11)20(27,28)30-17(12)16(15)19(25)26/h2,4,9-11,13-14,22,27-28H,1,3,5-8H2,(H2,21,24)(H,25,26)/q-1/t9-,11+,13+,14-/m0/s1. The first-order valence-electron chi connectivity index (χ1n) is 10.4. The van der Waals surface area contributed by atoms with Gasteiger partial charge >= 0.3 is 12.7 Å². The van der Waals surface area contributed by atoms with E-state index in [1.165, 1.54) is 0 Å². The van der Waals surface area contributed by atoms with Crippen molar-refractivity contribution in [1.29, 1.82) is 0 Å². The summed E-state index contributed by atoms with van der Waals surface area (Å²) in [6.45, 7) is -1.21. The maximum atomic E-state index is 12.0. The van der Waals surface area contributed by atoms with E-state index in [4.69, 9.17) is 15.1 Å². The summed E-state index contributed by atoms with van der Waals surface area (Å²) in [4.78, 5) is 25.5. The van der Waals surface area contributed by atoms with Gasteiger partial charge in [0.05, 0.1) is 11.8 Å². The molecule has 2 saturated heterocycles. The molecule has 0 unspecified atom stereocenters. The first-order valence-corrected chi connectivity index (χ1v) is 10.4. The van der Waals surface area contributed by atoms with Crippen LogP contribution in [-0.2, 0) is 4.79 Å². The van der Waals surface area contributed by atoms with Crippen LogP contribution in [0.15, 0.2) is 12.1 Å². The van der Waals surface area contributed by atoms with E-state index in [1.54, 1.807) is 12.1 Å². The van der Waals surface area contributed by atoms with E-state index in [-0.39, 0.29) is 47.1 Å². The van der Waals surface area contributed by atoms with Crippen LogP contribution in [0, 0.1) is 0 Å². The van der Waals surface area contributed by atoms with Crippen molar-refractivity contribution in [1.82, 2.24) is 10.2 Å². The average molecular weight is 418 g/mol. The molecule has 1 saturated carbocycles. The monoisotopic (exact) mass is 418 g/mol. The van der Waals surface area contributed by atoms with Crippen molar-refractivity contribution < 1.29 is 34.1 Å². The maximum absolute atomic E-state index is 12.0. The van der Waals surface area contributed by atoms with Crippen LogP contribution in [0.3, 0.4) is 0 Å². The molecule has 1 aromatic rings. The van der Waals surface area contributed by atoms with Gasteiger partial charge in [0.25, 0.3) is 0 Å². The van der Waals surface area contributed by atoms with Gasteiger partial charge in [-0.1, -0.05) is 24.7 Å². The average Bonchev–Trinajstić information content (AvgIpc) is 3.06. The number of nitrogens with two attached hydrogens (primary N) is 1. The van der Waals surface area contributed by atoms with Crippen LogP contribution < -0.4 is 20.4 Å². The lowest BCUT2D eigenvalue weighted by Gasteiger charge is -2.54. The smallest absolute Gasteiger partial charge is 0.434 e. The summed E-state index contributed by atoms with van der Waals surface area (Å²) in [5.74, 6) is -1.92. The number of hydrogen-bond acceptors (Lipinski definition) is 8. The molecular formula is C19H25BN3O7-. The zero-order valence-electron chi connectivity index (χ0n) is 16.4. The van der Waals surface area contributed by atoms with Crippen molar-refractivity contribution in [2.75, 3.05) is 19.6 Å². The van der Waals surface area contributed by atoms with E-state index in [9.17, 15) is 24.7 Å². The van der Waals surface area contributed by atoms with E-state index >= 15 is 0 Å². The molecule has 4 aliphatic rings. The van der Waals surface area contributed by atoms with Gasteiger partial charge < -0.3 is 35.6 Å². The van der Waals surface area contributed by atoms with Gasteiger partial charge in [-0.05, 0) is 24.0 Å². The molecule has 3 heterocycles. The first kappa shape index (κ1) is 19.6. The van der Waals surface area contributed by atoms with E-state index < -0.39 is 18.5 Å². The van der Waals surface area contributed by atoms with Gasteiger partial charge in [0.15, 0.2) is 0 Å². The van der Waals surface area contributed by atoms with Crippen molar-refractivity contribution in [3.63, 3.8) is 0 Å². The van der Waals surface area contributed by atoms with Gasteiger partial charge in [-0.3, -0.25) is 9.69 Å². The highest BCUT2D eigenvalue weighted by Gasteiger charge is 2.50. The Bertz CT molecular complexity index is 904. The fraction of sp³-hybridized carbons (Fsp3) is 0.579. The Labute approximate surface area is 172 Å². The van der Waals surface area contributed by atoms with Crippen LogP contribution >= 0.6 is 0 Å². The quantitative estimate of drug-likeness (QED) is 0.388. The van der Waals surface area contributed by atoms with E-state index in [1.807, 2.05) is 0 Å². The van der Waals surface area contributed by atoms with Gasteiger partial charge in [-0.15, -0.1) is 0 Å². The molecule has 3 aliphatic heterocycles. The topological polar surface area (TPSA) is 155 Å². The zero-order chi connectivity index (χ0) is 21.2. The predicted molar refractivity (Wildman–Crippen MR) is 105 cm³/mol. The molecule has 4 atom stereocenters. The number of nitrogens with one attached hydrogen (secondary N) is 1. The van der Waals surface area contributed by atoms with Crippen molar-refractivity contribution in [3.05, 3.63) is 23.3 Å². The highest BCUT2D eigenvalue weighted by molar-refractivity contribution is 6.61. The number of ether oxygens (including phenoxy) is 1. The second-order valence-electron chi connectivity index (χ2n) is 8.83. The number of amides is 1. The third-order valence-corrected chi connectivity index (χ3v) is 7.08. The Morgan fingerprint density at radius 2 is 2.03 bits per heavy atom. The van der Waals surface area contributed by atoms with Crippen molar-refractivity contribution in [2.24, 2.45) is 5.73 Å². The molecule has 3 fully saturated rings. The molecule has 0 aromatic heterocycles. The predicted octanol–water partition coefficient (Wildman–Crippen LogP) is -0.773. The Kier molecular flexibility index (Phi) is 4.47. The zero-order valence-corrected chi connectivity index (χ0v) is 16.4. The Morgan fingerprint density at radius 3 is 2.63 bits per heavy atom. The number of nitrogens with zero attached hydrogens (tertiary/aromatic N) is 1. The van der Waals surface area contributed by atoms with Crippen molar-refractivity contribution in [3.8, 4) is 11.5 Å². The minimum atomic E-state index is -3.09. The van der Waals surface area contributed by atoms with Crippen LogP contribution in [0.25, 0.3) is 0 Å². The van der Waals surface area contributed by atoms with Crippen LogP contribution in [0.2, 0.25) is 5.82 Å². The number of benzene rings is 1. The second-order valence-corrected chi connectivity index (χ2v) is 8.83. The van der Waals surface area contributed by atoms with Crippen LogP contribution in [-0.4, -0.2) is 76.5 Å². The lowest BCUT2D eigenvalue weighted by molar-refractivity contribution is -0.119. The summed E-state index contributed by atoms with van der Waals surface area (Å²) < 4.78 is 11.4. The van der Waals surface area contributed by atoms with Crippen LogP contribution in [0.1, 0.15) is 41.1 Å². The maximum Gasteiger partial charge on any atom is 0.434 e. The number of rotatable bonds is 5. The largest absolute Gasteiger partial charge is 0.669 e. The van der Waals surface area contributed by atoms with E-state index in [0.717, 1.165) is 6.42 Å². The Morgan fingerprint density at radius 1 is 1.27 bits per heavy atom. The Balaban J connectivity index is 1.31. The molecule has 0 bridgehead atoms. The van der Waals surface area contributed by atoms with Crippen LogP contribution in [0.4, 0.5) is 0 Å². The van der Waals surface area contributed by atoms with Gasteiger partial charge in [-0.25, -0.2) is 4.79 Å². The third kappa shape index (κ3) is 3.04. The SMILES string of the molecule is NC(=O)[C@@H]1C[C@H](N2CC(Oc3ccc4c(c3C(=O)O)O[B-](O)(O)[C@@H]3CC[C@H]43)C2)CN1. The first-order chi connectivity index (χ1) is 14.2. The molecule has 11 heteroatoms. The normalized spacial score (nSPS) is 32.2. The summed E-state index contributed by atoms with van der Waals surface area (Å²) in [5.41, 5.74) is 5.88. The number of carboxylic acid groups (broad SMARTS) is 1. The number of fused-ring (bicyclic) bond motifs is 3. The molecule has 5 rings (SSSR count). The van der Waals surface area contributed by atoms with Crippen molar-refractivity contribution >= 4 is 18.6 Å². The minimum Gasteiger partial charge on any atom is -0.669 e. The molecule has 0 radical (unpaired) electrons. The summed E-state index contributed by atoms with van der Waals surface area (Å²) in [7, 11) is 0. The fourth-order valence-corrected chi connectivity index (χ4v) is 5.23. The van der Waals surface area contributed by atoms with Gasteiger partial charge in [-0.2, -0.15) is 0 Å². The molecule has 1 aliphatic carbocycles. The highest BCUT2D eigenvalue weighted by Crippen LogP contribution is 2.58. The van der Waals surface area contributed by atoms with E-state index in [2.05, 4.69) is 10.2 Å². The number of carbonyl (C=O) groups excluding carboxylic acids is 1. The molecule has 0 spiro atoms. The number of primary amides is 1. The number of carbonyl (C=O) groups is 2.